The number of nitriles is 1. The largest absolute Gasteiger partial charge is 0.282 e. The number of nitro groups is 1. The highest BCUT2D eigenvalue weighted by Crippen LogP contribution is 2.31. The van der Waals surface area contributed by atoms with Crippen molar-refractivity contribution in [1.29, 1.82) is 5.26 Å². The van der Waals surface area contributed by atoms with Gasteiger partial charge in [-0.2, -0.15) is 5.26 Å². The molecule has 0 saturated heterocycles. The van der Waals surface area contributed by atoms with Crippen LogP contribution in [-0.4, -0.2) is 19.5 Å². The predicted octanol–water partition coefficient (Wildman–Crippen LogP) is 2.48. The first-order valence-electron chi connectivity index (χ1n) is 6.11. The van der Waals surface area contributed by atoms with Crippen LogP contribution in [-0.2, 0) is 0 Å². The zero-order chi connectivity index (χ0) is 15.0. The molecule has 0 amide bonds. The zero-order valence-corrected chi connectivity index (χ0v) is 11.0. The predicted molar refractivity (Wildman–Crippen MR) is 74.5 cm³/mol. The number of benzene rings is 1. The van der Waals surface area contributed by atoms with Gasteiger partial charge in [-0.15, -0.1) is 10.2 Å². The van der Waals surface area contributed by atoms with Crippen LogP contribution in [0.15, 0.2) is 36.5 Å². The molecule has 102 valence electrons. The topological polar surface area (TPSA) is 97.1 Å². The number of fused-ring (bicyclic) bond motifs is 1. The Morgan fingerprint density at radius 1 is 1.33 bits per heavy atom. The van der Waals surface area contributed by atoms with Crippen LogP contribution in [0.25, 0.3) is 17.0 Å². The van der Waals surface area contributed by atoms with E-state index < -0.39 is 4.92 Å². The third-order valence-corrected chi connectivity index (χ3v) is 3.21. The van der Waals surface area contributed by atoms with Gasteiger partial charge in [0.2, 0.25) is 0 Å². The van der Waals surface area contributed by atoms with Gasteiger partial charge in [0.25, 0.3) is 5.69 Å². The van der Waals surface area contributed by atoms with Crippen LogP contribution in [0.5, 0.6) is 0 Å². The van der Waals surface area contributed by atoms with E-state index in [0.717, 1.165) is 5.56 Å². The molecule has 3 rings (SSSR count). The molecule has 2 heterocycles. The van der Waals surface area contributed by atoms with Crippen molar-refractivity contribution < 1.29 is 4.92 Å². The highest BCUT2D eigenvalue weighted by molar-refractivity contribution is 5.73. The summed E-state index contributed by atoms with van der Waals surface area (Å²) in [5, 5.41) is 28.1. The number of hydrogen-bond donors (Lipinski definition) is 0. The Bertz CT molecular complexity index is 907. The summed E-state index contributed by atoms with van der Waals surface area (Å²) in [6.45, 7) is 1.78. The SMILES string of the molecule is Cc1cccc([N+](=O)[O-])c1-c1nnc2cc(C#N)ccn12. The van der Waals surface area contributed by atoms with Crippen molar-refractivity contribution >= 4 is 11.3 Å². The third kappa shape index (κ3) is 1.99. The van der Waals surface area contributed by atoms with Gasteiger partial charge in [0, 0.05) is 18.3 Å². The molecule has 0 aliphatic heterocycles. The van der Waals surface area contributed by atoms with Crippen molar-refractivity contribution in [2.45, 2.75) is 6.92 Å². The first-order valence-corrected chi connectivity index (χ1v) is 6.11. The van der Waals surface area contributed by atoms with E-state index in [9.17, 15) is 10.1 Å². The monoisotopic (exact) mass is 279 g/mol. The molecule has 1 aromatic carbocycles. The fourth-order valence-corrected chi connectivity index (χ4v) is 2.23. The molecule has 0 atom stereocenters. The lowest BCUT2D eigenvalue weighted by Gasteiger charge is -2.05. The summed E-state index contributed by atoms with van der Waals surface area (Å²) >= 11 is 0. The molecule has 7 heteroatoms. The maximum atomic E-state index is 11.2. The van der Waals surface area contributed by atoms with Crippen molar-refractivity contribution in [1.82, 2.24) is 14.6 Å². The van der Waals surface area contributed by atoms with Crippen molar-refractivity contribution in [3.63, 3.8) is 0 Å². The fraction of sp³-hybridized carbons (Fsp3) is 0.0714. The van der Waals surface area contributed by atoms with E-state index in [1.807, 2.05) is 6.07 Å². The Kier molecular flexibility index (Phi) is 2.84. The van der Waals surface area contributed by atoms with Gasteiger partial charge in [-0.25, -0.2) is 0 Å². The minimum atomic E-state index is -0.437. The van der Waals surface area contributed by atoms with E-state index in [2.05, 4.69) is 10.2 Å². The zero-order valence-electron chi connectivity index (χ0n) is 11.0. The second-order valence-electron chi connectivity index (χ2n) is 4.51. The number of rotatable bonds is 2. The number of nitro benzene ring substituents is 1. The number of nitrogens with zero attached hydrogens (tertiary/aromatic N) is 5. The molecule has 0 fully saturated rings. The molecule has 0 bridgehead atoms. The Balaban J connectivity index is 2.32. The van der Waals surface area contributed by atoms with Gasteiger partial charge in [-0.05, 0) is 18.6 Å². The second kappa shape index (κ2) is 4.68. The van der Waals surface area contributed by atoms with Crippen LogP contribution in [0.1, 0.15) is 11.1 Å². The number of aryl methyl sites for hydroxylation is 1. The van der Waals surface area contributed by atoms with E-state index in [-0.39, 0.29) is 5.69 Å². The summed E-state index contributed by atoms with van der Waals surface area (Å²) in [5.74, 6) is 0.388. The summed E-state index contributed by atoms with van der Waals surface area (Å²) in [6, 6.07) is 10.1. The van der Waals surface area contributed by atoms with Crippen molar-refractivity contribution in [3.8, 4) is 17.5 Å². The smallest absolute Gasteiger partial charge is 0.280 e. The molecule has 0 saturated carbocycles. The summed E-state index contributed by atoms with van der Waals surface area (Å²) in [7, 11) is 0. The summed E-state index contributed by atoms with van der Waals surface area (Å²) in [6.07, 6.45) is 1.64. The van der Waals surface area contributed by atoms with Gasteiger partial charge in [0.05, 0.1) is 16.6 Å². The molecule has 0 aliphatic rings. The molecule has 21 heavy (non-hydrogen) atoms. The molecule has 3 aromatic rings. The average molecular weight is 279 g/mol. The van der Waals surface area contributed by atoms with E-state index >= 15 is 0 Å². The normalized spacial score (nSPS) is 10.5. The first kappa shape index (κ1) is 12.7. The van der Waals surface area contributed by atoms with E-state index in [1.54, 1.807) is 41.8 Å². The van der Waals surface area contributed by atoms with Crippen LogP contribution in [0.3, 0.4) is 0 Å². The highest BCUT2D eigenvalue weighted by Gasteiger charge is 2.21. The number of hydrogen-bond acceptors (Lipinski definition) is 5. The Labute approximate surface area is 119 Å². The van der Waals surface area contributed by atoms with E-state index in [0.29, 0.717) is 22.6 Å². The van der Waals surface area contributed by atoms with Crippen LogP contribution in [0.4, 0.5) is 5.69 Å². The Hall–Kier alpha value is -3.27. The van der Waals surface area contributed by atoms with Gasteiger partial charge in [0.1, 0.15) is 5.56 Å². The van der Waals surface area contributed by atoms with Gasteiger partial charge < -0.3 is 0 Å². The molecule has 0 spiro atoms. The molecule has 2 aromatic heterocycles. The second-order valence-corrected chi connectivity index (χ2v) is 4.51. The highest BCUT2D eigenvalue weighted by atomic mass is 16.6. The Morgan fingerprint density at radius 2 is 2.14 bits per heavy atom. The van der Waals surface area contributed by atoms with Gasteiger partial charge in [-0.3, -0.25) is 14.5 Å². The first-order chi connectivity index (χ1) is 10.1. The molecular formula is C14H9N5O2. The molecular weight excluding hydrogens is 270 g/mol. The van der Waals surface area contributed by atoms with Gasteiger partial charge in [0.15, 0.2) is 11.5 Å². The van der Waals surface area contributed by atoms with Crippen LogP contribution < -0.4 is 0 Å². The van der Waals surface area contributed by atoms with Crippen LogP contribution in [0, 0.1) is 28.4 Å². The van der Waals surface area contributed by atoms with Crippen LogP contribution in [0.2, 0.25) is 0 Å². The number of pyridine rings is 1. The quantitative estimate of drug-likeness (QED) is 0.530. The lowest BCUT2D eigenvalue weighted by atomic mass is 10.1. The lowest BCUT2D eigenvalue weighted by Crippen LogP contribution is -1.98. The summed E-state index contributed by atoms with van der Waals surface area (Å²) in [5.41, 5.74) is 2.08. The van der Waals surface area contributed by atoms with Crippen molar-refractivity contribution in [2.24, 2.45) is 0 Å². The molecule has 0 unspecified atom stereocenters. The summed E-state index contributed by atoms with van der Waals surface area (Å²) < 4.78 is 1.64. The van der Waals surface area contributed by atoms with E-state index in [4.69, 9.17) is 5.26 Å². The van der Waals surface area contributed by atoms with Gasteiger partial charge in [-0.1, -0.05) is 12.1 Å². The van der Waals surface area contributed by atoms with Crippen molar-refractivity contribution in [2.75, 3.05) is 0 Å². The molecule has 7 nitrogen and oxygen atoms in total. The standard InChI is InChI=1S/C14H9N5O2/c1-9-3-2-4-11(19(20)21)13(9)14-17-16-12-7-10(8-15)5-6-18(12)14/h2-7H,1H3. The molecule has 0 aliphatic carbocycles. The lowest BCUT2D eigenvalue weighted by molar-refractivity contribution is -0.384. The fourth-order valence-electron chi connectivity index (χ4n) is 2.23. The third-order valence-electron chi connectivity index (χ3n) is 3.21. The van der Waals surface area contributed by atoms with Crippen LogP contribution >= 0.6 is 0 Å². The molecule has 0 N–H and O–H groups in total. The average Bonchev–Trinajstić information content (AvgIpc) is 2.89. The molecule has 0 radical (unpaired) electrons. The van der Waals surface area contributed by atoms with Crippen molar-refractivity contribution in [3.05, 3.63) is 57.8 Å². The maximum absolute atomic E-state index is 11.2. The number of aromatic nitrogens is 3. The van der Waals surface area contributed by atoms with E-state index in [1.165, 1.54) is 6.07 Å². The Morgan fingerprint density at radius 3 is 2.86 bits per heavy atom. The maximum Gasteiger partial charge on any atom is 0.280 e. The minimum absolute atomic E-state index is 0.0198. The summed E-state index contributed by atoms with van der Waals surface area (Å²) in [4.78, 5) is 10.8. The van der Waals surface area contributed by atoms with Gasteiger partial charge >= 0.3 is 0 Å². The minimum Gasteiger partial charge on any atom is -0.282 e.